The van der Waals surface area contributed by atoms with Gasteiger partial charge < -0.3 is 0 Å². The molecule has 0 aliphatic carbocycles. The van der Waals surface area contributed by atoms with Crippen molar-refractivity contribution in [3.63, 3.8) is 0 Å². The van der Waals surface area contributed by atoms with Gasteiger partial charge in [0.05, 0.1) is 24.5 Å². The van der Waals surface area contributed by atoms with Gasteiger partial charge >= 0.3 is 5.91 Å². The summed E-state index contributed by atoms with van der Waals surface area (Å²) < 4.78 is 27.6. The molecule has 4 nitrogen and oxygen atoms in total. The maximum Gasteiger partial charge on any atom is 0.300 e. The van der Waals surface area contributed by atoms with Crippen LogP contribution in [0.1, 0.15) is 23.7 Å². The molecule has 1 atom stereocenters. The topological polar surface area (TPSA) is 40.6 Å². The molecule has 0 spiro atoms. The number of carbonyl (C=O) groups excluding carboxylic acids is 2. The summed E-state index contributed by atoms with van der Waals surface area (Å²) in [6.07, 6.45) is 0.380. The lowest BCUT2D eigenvalue weighted by Crippen LogP contribution is -2.52. The second-order valence-corrected chi connectivity index (χ2v) is 5.72. The Morgan fingerprint density at radius 2 is 2.00 bits per heavy atom. The highest BCUT2D eigenvalue weighted by Gasteiger charge is 2.43. The summed E-state index contributed by atoms with van der Waals surface area (Å²) in [6, 6.07) is 6.67. The number of rotatable bonds is 2. The van der Waals surface area contributed by atoms with E-state index in [2.05, 4.69) is 0 Å². The second kappa shape index (κ2) is 4.87. The van der Waals surface area contributed by atoms with Crippen LogP contribution in [-0.4, -0.2) is 42.3 Å². The third-order valence-electron chi connectivity index (χ3n) is 4.25. The van der Waals surface area contributed by atoms with E-state index in [1.54, 1.807) is 24.3 Å². The third-order valence-corrected chi connectivity index (χ3v) is 4.25. The summed E-state index contributed by atoms with van der Waals surface area (Å²) in [5.41, 5.74) is 0.856. The molecule has 21 heavy (non-hydrogen) atoms. The molecular formula is C15H16F2N2O2. The number of alkyl halides is 2. The highest BCUT2D eigenvalue weighted by molar-refractivity contribution is 6.52. The molecule has 0 aromatic heterocycles. The summed E-state index contributed by atoms with van der Waals surface area (Å²) in [5.74, 6) is -4.62. The highest BCUT2D eigenvalue weighted by atomic mass is 19.3. The average Bonchev–Trinajstić information content (AvgIpc) is 2.68. The summed E-state index contributed by atoms with van der Waals surface area (Å²) >= 11 is 0. The van der Waals surface area contributed by atoms with E-state index >= 15 is 0 Å². The minimum Gasteiger partial charge on any atom is -0.291 e. The Morgan fingerprint density at radius 3 is 2.71 bits per heavy atom. The molecule has 1 saturated heterocycles. The molecule has 1 aromatic carbocycles. The molecule has 6 heteroatoms. The zero-order chi connectivity index (χ0) is 15.2. The number of halogens is 2. The summed E-state index contributed by atoms with van der Waals surface area (Å²) in [7, 11) is 0. The van der Waals surface area contributed by atoms with Crippen molar-refractivity contribution in [2.75, 3.05) is 24.7 Å². The van der Waals surface area contributed by atoms with Gasteiger partial charge in [-0.3, -0.25) is 19.4 Å². The van der Waals surface area contributed by atoms with E-state index in [-0.39, 0.29) is 13.2 Å². The molecule has 3 rings (SSSR count). The van der Waals surface area contributed by atoms with Crippen LogP contribution in [0, 0.1) is 5.92 Å². The number of hydrogen-bond acceptors (Lipinski definition) is 3. The lowest BCUT2D eigenvalue weighted by Gasteiger charge is -2.38. The van der Waals surface area contributed by atoms with Gasteiger partial charge in [-0.25, -0.2) is 8.78 Å². The first-order chi connectivity index (χ1) is 9.90. The van der Waals surface area contributed by atoms with Crippen LogP contribution < -0.4 is 4.90 Å². The SMILES string of the molecule is CC1CCN(CN2C(=O)C(=O)c3ccccc32)CC1(F)F. The molecule has 2 aliphatic rings. The van der Waals surface area contributed by atoms with Gasteiger partial charge in [0.2, 0.25) is 0 Å². The number of amides is 1. The van der Waals surface area contributed by atoms with Crippen molar-refractivity contribution in [3.05, 3.63) is 29.8 Å². The molecule has 2 heterocycles. The van der Waals surface area contributed by atoms with Gasteiger partial charge in [0, 0.05) is 12.5 Å². The van der Waals surface area contributed by atoms with E-state index in [9.17, 15) is 18.4 Å². The van der Waals surface area contributed by atoms with E-state index in [4.69, 9.17) is 0 Å². The van der Waals surface area contributed by atoms with Crippen molar-refractivity contribution < 1.29 is 18.4 Å². The van der Waals surface area contributed by atoms with Crippen LogP contribution in [0.5, 0.6) is 0 Å². The summed E-state index contributed by atoms with van der Waals surface area (Å²) in [6.45, 7) is 1.69. The molecule has 1 fully saturated rings. The van der Waals surface area contributed by atoms with E-state index in [0.717, 1.165) is 0 Å². The van der Waals surface area contributed by atoms with Gasteiger partial charge in [-0.15, -0.1) is 0 Å². The Kier molecular flexibility index (Phi) is 3.28. The van der Waals surface area contributed by atoms with Crippen molar-refractivity contribution in [2.45, 2.75) is 19.3 Å². The van der Waals surface area contributed by atoms with Gasteiger partial charge in [-0.1, -0.05) is 19.1 Å². The standard InChI is InChI=1S/C15H16F2N2O2/c1-10-6-7-18(8-15(10,16)17)9-19-12-5-3-2-4-11(12)13(20)14(19)21/h2-5,10H,6-9H2,1H3. The number of hydrogen-bond donors (Lipinski definition) is 0. The minimum absolute atomic E-state index is 0.0316. The molecule has 0 radical (unpaired) electrons. The van der Waals surface area contributed by atoms with Crippen LogP contribution >= 0.6 is 0 Å². The number of likely N-dealkylation sites (tertiary alicyclic amines) is 1. The van der Waals surface area contributed by atoms with Crippen LogP contribution in [0.25, 0.3) is 0 Å². The van der Waals surface area contributed by atoms with Crippen molar-refractivity contribution in [1.82, 2.24) is 4.90 Å². The van der Waals surface area contributed by atoms with E-state index in [1.807, 2.05) is 0 Å². The quantitative estimate of drug-likeness (QED) is 0.785. The lowest BCUT2D eigenvalue weighted by atomic mass is 9.95. The minimum atomic E-state index is -2.76. The van der Waals surface area contributed by atoms with E-state index in [0.29, 0.717) is 24.2 Å². The fraction of sp³-hybridized carbons (Fsp3) is 0.467. The number of Topliss-reactive ketones (excluding diaryl/α,β-unsaturated/α-hetero) is 1. The van der Waals surface area contributed by atoms with E-state index < -0.39 is 23.5 Å². The fourth-order valence-electron chi connectivity index (χ4n) is 2.83. The van der Waals surface area contributed by atoms with Gasteiger partial charge in [0.15, 0.2) is 0 Å². The molecule has 112 valence electrons. The maximum absolute atomic E-state index is 13.8. The highest BCUT2D eigenvalue weighted by Crippen LogP contribution is 2.34. The number of nitrogens with zero attached hydrogens (tertiary/aromatic N) is 2. The van der Waals surface area contributed by atoms with E-state index in [1.165, 1.54) is 16.7 Å². The summed E-state index contributed by atoms with van der Waals surface area (Å²) in [5, 5.41) is 0. The van der Waals surface area contributed by atoms with Crippen molar-refractivity contribution in [1.29, 1.82) is 0 Å². The van der Waals surface area contributed by atoms with Crippen LogP contribution in [-0.2, 0) is 4.79 Å². The van der Waals surface area contributed by atoms with Gasteiger partial charge in [-0.05, 0) is 18.6 Å². The van der Waals surface area contributed by atoms with Gasteiger partial charge in [0.25, 0.3) is 11.7 Å². The predicted molar refractivity (Wildman–Crippen MR) is 73.4 cm³/mol. The average molecular weight is 294 g/mol. The van der Waals surface area contributed by atoms with Crippen molar-refractivity contribution >= 4 is 17.4 Å². The molecule has 1 unspecified atom stereocenters. The molecule has 0 bridgehead atoms. The van der Waals surface area contributed by atoms with Crippen LogP contribution in [0.4, 0.5) is 14.5 Å². The Bertz CT molecular complexity index is 603. The largest absolute Gasteiger partial charge is 0.300 e. The Labute approximate surface area is 121 Å². The number of piperidine rings is 1. The molecule has 0 N–H and O–H groups in total. The molecule has 1 amide bonds. The number of anilines is 1. The van der Waals surface area contributed by atoms with Crippen molar-refractivity contribution in [2.24, 2.45) is 5.92 Å². The van der Waals surface area contributed by atoms with Gasteiger partial charge in [0.1, 0.15) is 0 Å². The number of ketones is 1. The first kappa shape index (κ1) is 14.1. The zero-order valence-corrected chi connectivity index (χ0v) is 11.7. The van der Waals surface area contributed by atoms with Crippen LogP contribution in [0.3, 0.4) is 0 Å². The van der Waals surface area contributed by atoms with Crippen LogP contribution in [0.15, 0.2) is 24.3 Å². The number of benzene rings is 1. The Balaban J connectivity index is 1.80. The fourth-order valence-corrected chi connectivity index (χ4v) is 2.83. The smallest absolute Gasteiger partial charge is 0.291 e. The lowest BCUT2D eigenvalue weighted by molar-refractivity contribution is -0.118. The molecule has 1 aromatic rings. The van der Waals surface area contributed by atoms with Gasteiger partial charge in [-0.2, -0.15) is 0 Å². The molecule has 0 saturated carbocycles. The van der Waals surface area contributed by atoms with Crippen LogP contribution in [0.2, 0.25) is 0 Å². The summed E-state index contributed by atoms with van der Waals surface area (Å²) in [4.78, 5) is 26.7. The first-order valence-corrected chi connectivity index (χ1v) is 6.95. The Hall–Kier alpha value is -1.82. The monoisotopic (exact) mass is 294 g/mol. The normalized spacial score (nSPS) is 25.3. The predicted octanol–water partition coefficient (Wildman–Crippen LogP) is 2.15. The number of carbonyl (C=O) groups is 2. The first-order valence-electron chi connectivity index (χ1n) is 6.95. The zero-order valence-electron chi connectivity index (χ0n) is 11.7. The van der Waals surface area contributed by atoms with Crippen molar-refractivity contribution in [3.8, 4) is 0 Å². The third kappa shape index (κ3) is 2.33. The number of para-hydroxylation sites is 1. The number of fused-ring (bicyclic) bond motifs is 1. The maximum atomic E-state index is 13.8. The molecule has 2 aliphatic heterocycles. The second-order valence-electron chi connectivity index (χ2n) is 5.72. The Morgan fingerprint density at radius 1 is 1.29 bits per heavy atom. The molecular weight excluding hydrogens is 278 g/mol.